The molecule has 5 nitrogen and oxygen atoms in total. The van der Waals surface area contributed by atoms with Crippen LogP contribution in [-0.2, 0) is 19.6 Å². The number of rotatable bonds is 5. The lowest BCUT2D eigenvalue weighted by Gasteiger charge is -2.36. The first-order valence-corrected chi connectivity index (χ1v) is 10.8. The third-order valence-electron chi connectivity index (χ3n) is 7.24. The van der Waals surface area contributed by atoms with Gasteiger partial charge < -0.3 is 4.74 Å². The monoisotopic (exact) mass is 357 g/mol. The molecule has 0 spiro atoms. The Hall–Kier alpha value is -0.460. The minimum Gasteiger partial charge on any atom is -0.375 e. The van der Waals surface area contributed by atoms with E-state index in [1.807, 2.05) is 20.8 Å². The molecular weight excluding hydrogens is 326 g/mol. The van der Waals surface area contributed by atoms with Gasteiger partial charge in [0.05, 0.1) is 18.0 Å². The molecule has 1 heterocycles. The topological polar surface area (TPSA) is 72.5 Å². The second-order valence-electron chi connectivity index (χ2n) is 8.88. The maximum absolute atomic E-state index is 12.9. The molecule has 1 aliphatic heterocycles. The summed E-state index contributed by atoms with van der Waals surface area (Å²) in [5, 5.41) is 0. The van der Waals surface area contributed by atoms with Crippen molar-refractivity contribution in [1.29, 1.82) is 0 Å². The fraction of sp³-hybridized carbons (Fsp3) is 0.944. The van der Waals surface area contributed by atoms with E-state index < -0.39 is 15.4 Å². The molecule has 0 aromatic carbocycles. The van der Waals surface area contributed by atoms with Gasteiger partial charge in [-0.25, -0.2) is 13.1 Å². The van der Waals surface area contributed by atoms with E-state index in [1.165, 1.54) is 0 Å². The number of hydrogen-bond acceptors (Lipinski definition) is 4. The van der Waals surface area contributed by atoms with Gasteiger partial charge in [0.25, 0.3) is 0 Å². The summed E-state index contributed by atoms with van der Waals surface area (Å²) in [5.74, 6) is 0.593. The summed E-state index contributed by atoms with van der Waals surface area (Å²) in [4.78, 5) is 12.6. The molecule has 2 bridgehead atoms. The van der Waals surface area contributed by atoms with Crippen LogP contribution in [0.2, 0.25) is 0 Å². The second kappa shape index (κ2) is 5.78. The third-order valence-corrected chi connectivity index (χ3v) is 8.84. The van der Waals surface area contributed by atoms with Crippen LogP contribution >= 0.6 is 0 Å². The molecule has 0 aromatic rings. The Morgan fingerprint density at radius 2 is 2.00 bits per heavy atom. The first-order valence-electron chi connectivity index (χ1n) is 9.17. The van der Waals surface area contributed by atoms with Gasteiger partial charge in [-0.05, 0) is 51.4 Å². The van der Waals surface area contributed by atoms with Crippen LogP contribution in [0.25, 0.3) is 0 Å². The molecule has 0 amide bonds. The van der Waals surface area contributed by atoms with E-state index in [0.29, 0.717) is 18.8 Å². The average Bonchev–Trinajstić information content (AvgIpc) is 2.95. The van der Waals surface area contributed by atoms with E-state index in [9.17, 15) is 13.2 Å². The fourth-order valence-corrected chi connectivity index (χ4v) is 7.70. The van der Waals surface area contributed by atoms with Gasteiger partial charge in [0.2, 0.25) is 10.0 Å². The van der Waals surface area contributed by atoms with Crippen LogP contribution in [0.15, 0.2) is 0 Å². The first kappa shape index (κ1) is 18.3. The van der Waals surface area contributed by atoms with E-state index in [-0.39, 0.29) is 41.1 Å². The third kappa shape index (κ3) is 2.74. The van der Waals surface area contributed by atoms with Crippen molar-refractivity contribution in [2.75, 3.05) is 5.75 Å². The summed E-state index contributed by atoms with van der Waals surface area (Å²) < 4.78 is 34.3. The second-order valence-corrected chi connectivity index (χ2v) is 10.6. The number of carbonyl (C=O) groups excluding carboxylic acids is 1. The van der Waals surface area contributed by atoms with E-state index >= 15 is 0 Å². The van der Waals surface area contributed by atoms with Gasteiger partial charge in [-0.1, -0.05) is 13.8 Å². The molecule has 2 aliphatic carbocycles. The zero-order chi connectivity index (χ0) is 17.9. The summed E-state index contributed by atoms with van der Waals surface area (Å²) in [5.41, 5.74) is -0.922. The summed E-state index contributed by atoms with van der Waals surface area (Å²) >= 11 is 0. The van der Waals surface area contributed by atoms with Crippen molar-refractivity contribution in [2.24, 2.45) is 22.7 Å². The molecular formula is C18H31NO4S. The minimum atomic E-state index is -3.52. The minimum absolute atomic E-state index is 0.0521. The molecule has 6 heteroatoms. The Morgan fingerprint density at radius 1 is 1.33 bits per heavy atom. The molecule has 0 aromatic heterocycles. The Labute approximate surface area is 146 Å². The van der Waals surface area contributed by atoms with Crippen molar-refractivity contribution in [3.8, 4) is 0 Å². The molecule has 3 rings (SSSR count). The largest absolute Gasteiger partial charge is 0.375 e. The van der Waals surface area contributed by atoms with Crippen LogP contribution < -0.4 is 4.72 Å². The number of sulfonamides is 1. The fourth-order valence-electron chi connectivity index (χ4n) is 5.55. The van der Waals surface area contributed by atoms with Gasteiger partial charge >= 0.3 is 0 Å². The molecule has 1 N–H and O–H groups in total. The Kier molecular flexibility index (Phi) is 4.41. The summed E-state index contributed by atoms with van der Waals surface area (Å²) in [6.07, 6.45) is 3.30. The van der Waals surface area contributed by atoms with Crippen LogP contribution in [0.5, 0.6) is 0 Å². The predicted octanol–water partition coefficient (Wildman–Crippen LogP) is 2.50. The summed E-state index contributed by atoms with van der Waals surface area (Å²) in [6, 6.07) is -0.178. The van der Waals surface area contributed by atoms with E-state index in [2.05, 4.69) is 18.6 Å². The van der Waals surface area contributed by atoms with Crippen LogP contribution in [0, 0.1) is 22.7 Å². The SMILES string of the molecule is CC1CC(C(C)NS(=O)(=O)CC23CCC(CC2=O)C3(C)C)C(C)O1. The van der Waals surface area contributed by atoms with Crippen LogP contribution in [0.4, 0.5) is 0 Å². The smallest absolute Gasteiger partial charge is 0.212 e. The highest BCUT2D eigenvalue weighted by atomic mass is 32.2. The van der Waals surface area contributed by atoms with E-state index in [1.54, 1.807) is 0 Å². The molecule has 1 saturated heterocycles. The number of Topliss-reactive ketones (excluding diaryl/α,β-unsaturated/α-hetero) is 1. The maximum atomic E-state index is 12.9. The van der Waals surface area contributed by atoms with Gasteiger partial charge in [0, 0.05) is 23.8 Å². The van der Waals surface area contributed by atoms with Gasteiger partial charge in [-0.3, -0.25) is 4.79 Å². The number of carbonyl (C=O) groups is 1. The molecule has 6 unspecified atom stereocenters. The molecule has 2 saturated carbocycles. The molecule has 6 atom stereocenters. The summed E-state index contributed by atoms with van der Waals surface area (Å²) in [6.45, 7) is 10.1. The normalized spacial score (nSPS) is 42.6. The quantitative estimate of drug-likeness (QED) is 0.820. The maximum Gasteiger partial charge on any atom is 0.212 e. The zero-order valence-corrected chi connectivity index (χ0v) is 16.3. The lowest BCUT2D eigenvalue weighted by atomic mass is 9.70. The average molecular weight is 358 g/mol. The van der Waals surface area contributed by atoms with Crippen LogP contribution in [0.3, 0.4) is 0 Å². The highest BCUT2D eigenvalue weighted by Crippen LogP contribution is 2.64. The zero-order valence-electron chi connectivity index (χ0n) is 15.5. The van der Waals surface area contributed by atoms with Crippen LogP contribution in [-0.4, -0.2) is 38.2 Å². The van der Waals surface area contributed by atoms with Gasteiger partial charge in [-0.2, -0.15) is 0 Å². The van der Waals surface area contributed by atoms with Crippen LogP contribution in [0.1, 0.15) is 60.3 Å². The van der Waals surface area contributed by atoms with Crippen molar-refractivity contribution in [2.45, 2.75) is 78.6 Å². The lowest BCUT2D eigenvalue weighted by molar-refractivity contribution is -0.128. The lowest BCUT2D eigenvalue weighted by Crippen LogP contribution is -2.48. The van der Waals surface area contributed by atoms with Crippen molar-refractivity contribution in [1.82, 2.24) is 4.72 Å². The van der Waals surface area contributed by atoms with Crippen molar-refractivity contribution in [3.05, 3.63) is 0 Å². The highest BCUT2D eigenvalue weighted by molar-refractivity contribution is 7.89. The van der Waals surface area contributed by atoms with Crippen molar-refractivity contribution >= 4 is 15.8 Å². The van der Waals surface area contributed by atoms with Crippen molar-refractivity contribution in [3.63, 3.8) is 0 Å². The number of nitrogens with one attached hydrogen (secondary N) is 1. The molecule has 24 heavy (non-hydrogen) atoms. The molecule has 3 aliphatic rings. The standard InChI is InChI=1S/C18H31NO4S/c1-11-8-15(13(3)23-11)12(2)19-24(21,22)10-18-7-6-14(9-16(18)20)17(18,4)5/h11-15,19H,6-10H2,1-5H3. The number of ether oxygens (including phenoxy) is 1. The Balaban J connectivity index is 1.74. The number of ketones is 1. The molecule has 138 valence electrons. The molecule has 0 radical (unpaired) electrons. The van der Waals surface area contributed by atoms with E-state index in [4.69, 9.17) is 4.74 Å². The van der Waals surface area contributed by atoms with Crippen molar-refractivity contribution < 1.29 is 17.9 Å². The molecule has 3 fully saturated rings. The highest BCUT2D eigenvalue weighted by Gasteiger charge is 2.65. The first-order chi connectivity index (χ1) is 11.0. The predicted molar refractivity (Wildman–Crippen MR) is 93.1 cm³/mol. The summed E-state index contributed by atoms with van der Waals surface area (Å²) in [7, 11) is -3.52. The number of hydrogen-bond donors (Lipinski definition) is 1. The Morgan fingerprint density at radius 3 is 2.46 bits per heavy atom. The Bertz CT molecular complexity index is 629. The van der Waals surface area contributed by atoms with Gasteiger partial charge in [0.1, 0.15) is 5.78 Å². The van der Waals surface area contributed by atoms with Gasteiger partial charge in [-0.15, -0.1) is 0 Å². The van der Waals surface area contributed by atoms with Gasteiger partial charge in [0.15, 0.2) is 0 Å². The number of fused-ring (bicyclic) bond motifs is 2. The van der Waals surface area contributed by atoms with E-state index in [0.717, 1.165) is 12.8 Å².